The highest BCUT2D eigenvalue weighted by Gasteiger charge is 2.37. The monoisotopic (exact) mass is 944 g/mol. The van der Waals surface area contributed by atoms with Gasteiger partial charge in [-0.05, 0) is 132 Å². The maximum atomic E-state index is 12.9. The van der Waals surface area contributed by atoms with E-state index in [4.69, 9.17) is 24.2 Å². The first-order chi connectivity index (χ1) is 32.9. The summed E-state index contributed by atoms with van der Waals surface area (Å²) in [5.74, 6) is 3.07. The average Bonchev–Trinajstić information content (AvgIpc) is 4.00. The van der Waals surface area contributed by atoms with Crippen molar-refractivity contribution in [3.05, 3.63) is 94.2 Å². The van der Waals surface area contributed by atoms with Gasteiger partial charge in [0, 0.05) is 71.7 Å². The Morgan fingerprint density at radius 2 is 1.03 bits per heavy atom. The Kier molecular flexibility index (Phi) is 14.9. The number of benzene rings is 3. The molecule has 12 nitrogen and oxygen atoms in total. The Balaban J connectivity index is 0.000000160. The van der Waals surface area contributed by atoms with Gasteiger partial charge in [0.2, 0.25) is 0 Å². The molecule has 2 aliphatic carbocycles. The quantitative estimate of drug-likeness (QED) is 0.122. The highest BCUT2D eigenvalue weighted by molar-refractivity contribution is 7.15. The summed E-state index contributed by atoms with van der Waals surface area (Å²) in [6.07, 6.45) is 17.1. The van der Waals surface area contributed by atoms with Crippen molar-refractivity contribution in [2.24, 2.45) is 0 Å². The van der Waals surface area contributed by atoms with Crippen LogP contribution in [0.15, 0.2) is 78.9 Å². The number of nitrogens with zero attached hydrogens (tertiary/aromatic N) is 6. The fraction of sp³-hybridized carbons (Fsp3) is 0.509. The molecule has 4 fully saturated rings. The van der Waals surface area contributed by atoms with E-state index in [1.807, 2.05) is 42.5 Å². The largest absolute Gasteiger partial charge is 0.490 e. The number of thiazole rings is 2. The van der Waals surface area contributed by atoms with Crippen molar-refractivity contribution in [2.45, 2.75) is 121 Å². The Hall–Kier alpha value is -4.70. The van der Waals surface area contributed by atoms with Crippen LogP contribution < -0.4 is 19.3 Å². The number of aryl methyl sites for hydroxylation is 2. The summed E-state index contributed by atoms with van der Waals surface area (Å²) < 4.78 is 18.1. The van der Waals surface area contributed by atoms with Crippen LogP contribution >= 0.6 is 22.7 Å². The van der Waals surface area contributed by atoms with Crippen LogP contribution in [0.5, 0.6) is 11.5 Å². The minimum atomic E-state index is -0.474. The third-order valence-corrected chi connectivity index (χ3v) is 16.6. The fourth-order valence-corrected chi connectivity index (χ4v) is 12.6. The van der Waals surface area contributed by atoms with E-state index in [-0.39, 0.29) is 18.4 Å². The van der Waals surface area contributed by atoms with Crippen LogP contribution in [0.4, 0.5) is 11.6 Å². The van der Waals surface area contributed by atoms with Crippen LogP contribution in [0.2, 0.25) is 0 Å². The average molecular weight is 945 g/mol. The number of carbonyl (C=O) groups excluding carboxylic acids is 2. The number of anilines is 2. The lowest BCUT2D eigenvalue weighted by molar-refractivity contribution is -0.123. The first kappa shape index (κ1) is 46.1. The van der Waals surface area contributed by atoms with Crippen LogP contribution in [-0.2, 0) is 33.8 Å². The summed E-state index contributed by atoms with van der Waals surface area (Å²) in [4.78, 5) is 45.6. The van der Waals surface area contributed by atoms with E-state index in [2.05, 4.69) is 46.2 Å². The molecular weight excluding hydrogens is 881 g/mol. The molecule has 354 valence electrons. The first-order valence-corrected chi connectivity index (χ1v) is 26.4. The number of aromatic nitrogens is 2. The van der Waals surface area contributed by atoms with E-state index < -0.39 is 6.61 Å². The zero-order valence-corrected chi connectivity index (χ0v) is 40.2. The van der Waals surface area contributed by atoms with Gasteiger partial charge in [-0.1, -0.05) is 43.2 Å². The Bertz CT molecular complexity index is 2400. The summed E-state index contributed by atoms with van der Waals surface area (Å²) in [6.45, 7) is 6.37. The Labute approximate surface area is 402 Å². The third kappa shape index (κ3) is 11.1. The molecule has 1 N–H and O–H groups in total. The van der Waals surface area contributed by atoms with Crippen LogP contribution in [0.25, 0.3) is 21.1 Å². The molecule has 11 rings (SSSR count). The summed E-state index contributed by atoms with van der Waals surface area (Å²) in [7, 11) is 0. The smallest absolute Gasteiger partial charge is 0.254 e. The molecule has 6 heterocycles. The van der Waals surface area contributed by atoms with Crippen LogP contribution in [0.3, 0.4) is 0 Å². The second kappa shape index (κ2) is 21.7. The van der Waals surface area contributed by atoms with Gasteiger partial charge in [0.15, 0.2) is 0 Å². The number of ether oxygens (including phenoxy) is 3. The molecule has 5 aromatic rings. The number of aliphatic hydroxyl groups excluding tert-OH is 1. The van der Waals surface area contributed by atoms with Gasteiger partial charge >= 0.3 is 0 Å². The first-order valence-electron chi connectivity index (χ1n) is 24.8. The number of carbonyl (C=O) groups is 2. The summed E-state index contributed by atoms with van der Waals surface area (Å²) in [5.41, 5.74) is 3.18. The second-order valence-corrected chi connectivity index (χ2v) is 21.1. The van der Waals surface area contributed by atoms with E-state index in [0.717, 1.165) is 106 Å². The molecule has 6 aliphatic rings. The van der Waals surface area contributed by atoms with Crippen LogP contribution in [0, 0.1) is 0 Å². The fourth-order valence-electron chi connectivity index (χ4n) is 10.3. The summed E-state index contributed by atoms with van der Waals surface area (Å²) >= 11 is 3.33. The lowest BCUT2D eigenvalue weighted by Gasteiger charge is -2.44. The molecule has 2 aromatic heterocycles. The SMILES string of the molecule is O=C(CO)N1CCCc2sc(-c3ccc(OC4CC(N5CCCCC5)C4)cc3)nc21.O=C(COCc1ccccc1)N1CCCc2sc(-c3ccc(OC4CC(N5CCCCC5)C4)cc3)nc21. The van der Waals surface area contributed by atoms with E-state index in [0.29, 0.717) is 44.0 Å². The summed E-state index contributed by atoms with van der Waals surface area (Å²) in [5, 5.41) is 11.1. The number of aliphatic hydroxyl groups is 1. The van der Waals surface area contributed by atoms with E-state index >= 15 is 0 Å². The second-order valence-electron chi connectivity index (χ2n) is 18.9. The zero-order chi connectivity index (χ0) is 45.5. The van der Waals surface area contributed by atoms with Crippen molar-refractivity contribution in [2.75, 3.05) is 62.3 Å². The molecule has 2 saturated carbocycles. The number of hydrogen-bond donors (Lipinski definition) is 1. The Morgan fingerprint density at radius 3 is 1.49 bits per heavy atom. The lowest BCUT2D eigenvalue weighted by Crippen LogP contribution is -2.50. The molecule has 3 aromatic carbocycles. The standard InChI is InChI=1S/C30H35N3O3S.C23H29N3O3S/c34-28(21-35-20-22-8-3-1-4-9-22)33-17-7-10-27-29(33)31-30(37-27)23-11-13-25(14-12-23)36-26-18-24(19-26)32-15-5-2-6-16-32;27-15-21(28)26-12-4-5-20-22(26)24-23(30-20)16-6-8-18(9-7-16)29-19-13-17(14-19)25-10-2-1-3-11-25/h1,3-4,8-9,11-14,24,26H,2,5-7,10,15-21H2;6-9,17,19,27H,1-5,10-15H2. The molecule has 2 amide bonds. The number of hydrogen-bond acceptors (Lipinski definition) is 12. The van der Waals surface area contributed by atoms with Gasteiger partial charge in [-0.25, -0.2) is 9.97 Å². The van der Waals surface area contributed by atoms with Gasteiger partial charge in [0.05, 0.1) is 6.61 Å². The predicted octanol–water partition coefficient (Wildman–Crippen LogP) is 9.18. The molecule has 4 aliphatic heterocycles. The molecule has 14 heteroatoms. The number of amides is 2. The highest BCUT2D eigenvalue weighted by atomic mass is 32.1. The molecule has 0 radical (unpaired) electrons. The zero-order valence-electron chi connectivity index (χ0n) is 38.6. The van der Waals surface area contributed by atoms with Crippen LogP contribution in [-0.4, -0.2) is 113 Å². The minimum Gasteiger partial charge on any atom is -0.490 e. The highest BCUT2D eigenvalue weighted by Crippen LogP contribution is 2.40. The van der Waals surface area contributed by atoms with Gasteiger partial charge in [-0.3, -0.25) is 19.4 Å². The van der Waals surface area contributed by atoms with Gasteiger partial charge in [-0.2, -0.15) is 0 Å². The normalized spacial score (nSPS) is 22.9. The molecule has 0 atom stereocenters. The van der Waals surface area contributed by atoms with Crippen molar-refractivity contribution in [3.63, 3.8) is 0 Å². The van der Waals surface area contributed by atoms with Gasteiger partial charge < -0.3 is 29.1 Å². The molecule has 0 bridgehead atoms. The van der Waals surface area contributed by atoms with Crippen molar-refractivity contribution in [3.8, 4) is 32.6 Å². The molecular formula is C53H64N6O6S2. The van der Waals surface area contributed by atoms with Crippen LogP contribution in [0.1, 0.15) is 92.4 Å². The van der Waals surface area contributed by atoms with Gasteiger partial charge in [0.25, 0.3) is 11.8 Å². The molecule has 2 saturated heterocycles. The maximum Gasteiger partial charge on any atom is 0.254 e. The van der Waals surface area contributed by atoms with Crippen molar-refractivity contribution in [1.29, 1.82) is 0 Å². The van der Waals surface area contributed by atoms with Gasteiger partial charge in [0.1, 0.15) is 58.6 Å². The Morgan fingerprint density at radius 1 is 0.567 bits per heavy atom. The lowest BCUT2D eigenvalue weighted by atomic mass is 9.86. The number of piperidine rings is 2. The van der Waals surface area contributed by atoms with Gasteiger partial charge in [-0.15, -0.1) is 22.7 Å². The molecule has 67 heavy (non-hydrogen) atoms. The topological polar surface area (TPSA) is 121 Å². The van der Waals surface area contributed by atoms with E-state index in [9.17, 15) is 14.7 Å². The predicted molar refractivity (Wildman–Crippen MR) is 265 cm³/mol. The maximum absolute atomic E-state index is 12.9. The third-order valence-electron chi connectivity index (χ3n) is 14.3. The number of likely N-dealkylation sites (tertiary alicyclic amines) is 2. The van der Waals surface area contributed by atoms with E-state index in [1.165, 1.54) is 69.6 Å². The van der Waals surface area contributed by atoms with Crippen molar-refractivity contribution in [1.82, 2.24) is 19.8 Å². The summed E-state index contributed by atoms with van der Waals surface area (Å²) in [6, 6.07) is 27.8. The van der Waals surface area contributed by atoms with E-state index in [1.54, 1.807) is 32.5 Å². The van der Waals surface area contributed by atoms with Crippen molar-refractivity contribution >= 4 is 46.1 Å². The minimum absolute atomic E-state index is 0.0270. The van der Waals surface area contributed by atoms with Crippen molar-refractivity contribution < 1.29 is 28.9 Å². The molecule has 0 spiro atoms. The number of rotatable bonds is 13. The number of fused-ring (bicyclic) bond motifs is 2. The molecule has 0 unspecified atom stereocenters.